The number of aromatic nitrogens is 4. The highest BCUT2D eigenvalue weighted by molar-refractivity contribution is 5.75. The van der Waals surface area contributed by atoms with Crippen molar-refractivity contribution in [1.82, 2.24) is 20.2 Å². The molecule has 2 N–H and O–H groups in total. The summed E-state index contributed by atoms with van der Waals surface area (Å²) < 4.78 is 18.9. The fourth-order valence-corrected chi connectivity index (χ4v) is 6.33. The molecule has 37 heavy (non-hydrogen) atoms. The number of nitrogens with zero attached hydrogens (tertiary/aromatic N) is 6. The van der Waals surface area contributed by atoms with E-state index in [1.165, 1.54) is 12.1 Å². The lowest BCUT2D eigenvalue weighted by atomic mass is 9.88. The molecule has 2 bridgehead atoms. The molecule has 1 aliphatic carbocycles. The zero-order valence-electron chi connectivity index (χ0n) is 21.7. The predicted molar refractivity (Wildman–Crippen MR) is 142 cm³/mol. The summed E-state index contributed by atoms with van der Waals surface area (Å²) in [7, 11) is 3.52. The summed E-state index contributed by atoms with van der Waals surface area (Å²) in [5.74, 6) is 3.57. The first-order valence-corrected chi connectivity index (χ1v) is 12.9. The Morgan fingerprint density at radius 2 is 1.78 bits per heavy atom. The molecule has 6 rings (SSSR count). The second-order valence-electron chi connectivity index (χ2n) is 10.9. The summed E-state index contributed by atoms with van der Waals surface area (Å²) in [4.78, 5) is 14.5. The van der Waals surface area contributed by atoms with Crippen molar-refractivity contribution >= 4 is 29.0 Å². The van der Waals surface area contributed by atoms with Crippen LogP contribution < -0.4 is 25.2 Å². The van der Waals surface area contributed by atoms with Crippen LogP contribution in [-0.4, -0.2) is 60.0 Å². The minimum Gasteiger partial charge on any atom is -0.480 e. The topological polar surface area (TPSA) is 91.3 Å². The van der Waals surface area contributed by atoms with Crippen molar-refractivity contribution in [3.8, 4) is 5.88 Å². The SMILES string of the molecule is CNc1nc(NC2C3CCC2CN(c2cnnc(OC)c2)C3)nc2c1C(C)(C)CN2c1ccc(F)cc1. The van der Waals surface area contributed by atoms with Gasteiger partial charge in [-0.15, -0.1) is 5.10 Å². The molecular weight excluding hydrogens is 471 g/mol. The van der Waals surface area contributed by atoms with E-state index >= 15 is 0 Å². The Morgan fingerprint density at radius 1 is 1.05 bits per heavy atom. The van der Waals surface area contributed by atoms with Crippen molar-refractivity contribution < 1.29 is 9.13 Å². The maximum atomic E-state index is 13.6. The number of fused-ring (bicyclic) bond motifs is 3. The van der Waals surface area contributed by atoms with E-state index in [0.29, 0.717) is 29.7 Å². The third-order valence-corrected chi connectivity index (χ3v) is 8.07. The molecule has 194 valence electrons. The predicted octanol–water partition coefficient (Wildman–Crippen LogP) is 4.21. The first-order chi connectivity index (χ1) is 17.9. The molecule has 3 aromatic rings. The fraction of sp³-hybridized carbons (Fsp3) is 0.481. The average molecular weight is 505 g/mol. The summed E-state index contributed by atoms with van der Waals surface area (Å²) in [5.41, 5.74) is 2.90. The Bertz CT molecular complexity index is 1290. The normalized spacial score (nSPS) is 23.6. The maximum absolute atomic E-state index is 13.6. The van der Waals surface area contributed by atoms with E-state index < -0.39 is 0 Å². The molecule has 2 aliphatic heterocycles. The molecule has 10 heteroatoms. The van der Waals surface area contributed by atoms with Crippen molar-refractivity contribution in [1.29, 1.82) is 0 Å². The number of halogens is 1. The Morgan fingerprint density at radius 3 is 2.46 bits per heavy atom. The molecule has 1 saturated heterocycles. The first kappa shape index (κ1) is 23.7. The quantitative estimate of drug-likeness (QED) is 0.512. The van der Waals surface area contributed by atoms with Crippen LogP contribution in [0.4, 0.5) is 33.3 Å². The Labute approximate surface area is 216 Å². The minimum atomic E-state index is -0.244. The summed E-state index contributed by atoms with van der Waals surface area (Å²) in [6, 6.07) is 8.87. The van der Waals surface area contributed by atoms with E-state index in [1.54, 1.807) is 7.11 Å². The van der Waals surface area contributed by atoms with E-state index in [0.717, 1.165) is 61.0 Å². The molecule has 9 nitrogen and oxygen atoms in total. The van der Waals surface area contributed by atoms with Crippen LogP contribution in [0.1, 0.15) is 32.3 Å². The lowest BCUT2D eigenvalue weighted by molar-refractivity contribution is 0.373. The van der Waals surface area contributed by atoms with E-state index in [4.69, 9.17) is 14.7 Å². The summed E-state index contributed by atoms with van der Waals surface area (Å²) >= 11 is 0. The number of hydrogen-bond acceptors (Lipinski definition) is 9. The van der Waals surface area contributed by atoms with E-state index in [9.17, 15) is 4.39 Å². The van der Waals surface area contributed by atoms with Crippen LogP contribution in [0.2, 0.25) is 0 Å². The van der Waals surface area contributed by atoms with E-state index in [2.05, 4.69) is 44.5 Å². The van der Waals surface area contributed by atoms with Gasteiger partial charge in [0, 0.05) is 55.5 Å². The van der Waals surface area contributed by atoms with Gasteiger partial charge in [-0.1, -0.05) is 13.8 Å². The number of methoxy groups -OCH3 is 1. The van der Waals surface area contributed by atoms with Crippen LogP contribution in [0.3, 0.4) is 0 Å². The van der Waals surface area contributed by atoms with Gasteiger partial charge >= 0.3 is 0 Å². The number of piperidine rings is 1. The molecule has 2 atom stereocenters. The van der Waals surface area contributed by atoms with Crippen LogP contribution in [0, 0.1) is 17.7 Å². The average Bonchev–Trinajstić information content (AvgIpc) is 3.29. The van der Waals surface area contributed by atoms with Gasteiger partial charge in [0.25, 0.3) is 0 Å². The first-order valence-electron chi connectivity index (χ1n) is 12.9. The van der Waals surface area contributed by atoms with Crippen LogP contribution >= 0.6 is 0 Å². The van der Waals surface area contributed by atoms with Crippen molar-refractivity contribution in [2.75, 3.05) is 54.2 Å². The van der Waals surface area contributed by atoms with Crippen LogP contribution in [-0.2, 0) is 5.41 Å². The Hall–Kier alpha value is -3.69. The standard InChI is InChI=1S/C27H33FN8O/c1-27(2)15-36(19-9-7-18(28)8-10-19)25-22(27)24(29-3)32-26(33-25)31-23-16-5-6-17(23)14-35(13-16)20-11-21(37-4)34-30-12-20/h7-12,16-17,23H,5-6,13-15H2,1-4H3,(H2,29,31,32,33). The minimum absolute atomic E-state index is 0.162. The molecule has 1 saturated carbocycles. The number of anilines is 5. The van der Waals surface area contributed by atoms with Crippen molar-refractivity contribution in [2.24, 2.45) is 11.8 Å². The van der Waals surface area contributed by atoms with Gasteiger partial charge in [-0.2, -0.15) is 15.1 Å². The number of rotatable bonds is 6. The Balaban J connectivity index is 1.28. The van der Waals surface area contributed by atoms with Gasteiger partial charge in [0.15, 0.2) is 0 Å². The lowest BCUT2D eigenvalue weighted by Crippen LogP contribution is -2.48. The highest BCUT2D eigenvalue weighted by Crippen LogP contribution is 2.47. The highest BCUT2D eigenvalue weighted by atomic mass is 19.1. The largest absolute Gasteiger partial charge is 0.480 e. The second-order valence-corrected chi connectivity index (χ2v) is 10.9. The van der Waals surface area contributed by atoms with Gasteiger partial charge in [0.05, 0.1) is 19.0 Å². The third kappa shape index (κ3) is 4.18. The van der Waals surface area contributed by atoms with Crippen molar-refractivity contribution in [2.45, 2.75) is 38.1 Å². The van der Waals surface area contributed by atoms with Crippen LogP contribution in [0.5, 0.6) is 5.88 Å². The molecule has 2 aromatic heterocycles. The van der Waals surface area contributed by atoms with Gasteiger partial charge in [0.1, 0.15) is 17.5 Å². The molecular formula is C27H33FN8O. The molecule has 0 amide bonds. The van der Waals surface area contributed by atoms with Crippen LogP contribution in [0.25, 0.3) is 0 Å². The number of benzene rings is 1. The van der Waals surface area contributed by atoms with Crippen molar-refractivity contribution in [3.05, 3.63) is 47.9 Å². The molecule has 4 heterocycles. The van der Waals surface area contributed by atoms with Gasteiger partial charge in [-0.25, -0.2) is 4.39 Å². The number of hydrogen-bond donors (Lipinski definition) is 2. The highest BCUT2D eigenvalue weighted by Gasteiger charge is 2.44. The molecule has 0 spiro atoms. The molecule has 3 aliphatic rings. The monoisotopic (exact) mass is 504 g/mol. The Kier molecular flexibility index (Phi) is 5.77. The number of ether oxygens (including phenoxy) is 1. The van der Waals surface area contributed by atoms with Crippen LogP contribution in [0.15, 0.2) is 36.5 Å². The van der Waals surface area contributed by atoms with E-state index in [-0.39, 0.29) is 11.2 Å². The van der Waals surface area contributed by atoms with Gasteiger partial charge in [0.2, 0.25) is 11.8 Å². The fourth-order valence-electron chi connectivity index (χ4n) is 6.33. The second kappa shape index (κ2) is 9.00. The molecule has 2 fully saturated rings. The molecule has 1 aromatic carbocycles. The molecule has 2 unspecified atom stereocenters. The summed E-state index contributed by atoms with van der Waals surface area (Å²) in [5, 5.41) is 15.1. The number of nitrogens with one attached hydrogen (secondary N) is 2. The van der Waals surface area contributed by atoms with Gasteiger partial charge < -0.3 is 25.2 Å². The van der Waals surface area contributed by atoms with E-state index in [1.807, 2.05) is 31.4 Å². The molecule has 0 radical (unpaired) electrons. The van der Waals surface area contributed by atoms with Gasteiger partial charge in [-0.05, 0) is 48.9 Å². The smallest absolute Gasteiger partial charge is 0.235 e. The maximum Gasteiger partial charge on any atom is 0.235 e. The summed E-state index contributed by atoms with van der Waals surface area (Å²) in [6.45, 7) is 7.01. The summed E-state index contributed by atoms with van der Waals surface area (Å²) in [6.07, 6.45) is 4.13. The third-order valence-electron chi connectivity index (χ3n) is 8.07. The lowest BCUT2D eigenvalue weighted by Gasteiger charge is -2.39. The van der Waals surface area contributed by atoms with Gasteiger partial charge in [-0.3, -0.25) is 0 Å². The zero-order chi connectivity index (χ0) is 25.7. The zero-order valence-corrected chi connectivity index (χ0v) is 21.7. The van der Waals surface area contributed by atoms with Crippen molar-refractivity contribution in [3.63, 3.8) is 0 Å².